The van der Waals surface area contributed by atoms with Crippen molar-refractivity contribution in [3.8, 4) is 0 Å². The number of nitrogens with zero attached hydrogens (tertiary/aromatic N) is 3. The number of carbonyl (C=O) groups is 1. The SMILES string of the molecule is CN(C)c1ccc(NC(=O)N2CCc3cccnc3C2c2ccc(C(F)(F)F)cc2)cc1. The van der Waals surface area contributed by atoms with E-state index in [1.807, 2.05) is 55.4 Å². The lowest BCUT2D eigenvalue weighted by Gasteiger charge is -2.36. The fourth-order valence-corrected chi connectivity index (χ4v) is 3.88. The maximum absolute atomic E-state index is 13.2. The fraction of sp³-hybridized carbons (Fsp3) is 0.250. The van der Waals surface area contributed by atoms with Crippen molar-refractivity contribution < 1.29 is 18.0 Å². The van der Waals surface area contributed by atoms with Crippen molar-refractivity contribution in [3.05, 3.63) is 89.2 Å². The number of nitrogens with one attached hydrogen (secondary N) is 1. The average molecular weight is 440 g/mol. The molecule has 1 N–H and O–H groups in total. The minimum atomic E-state index is -4.42. The van der Waals surface area contributed by atoms with Gasteiger partial charge in [0.1, 0.15) is 6.04 Å². The van der Waals surface area contributed by atoms with E-state index >= 15 is 0 Å². The predicted molar refractivity (Wildman–Crippen MR) is 118 cm³/mol. The molecule has 2 heterocycles. The minimum Gasteiger partial charge on any atom is -0.378 e. The van der Waals surface area contributed by atoms with Crippen molar-refractivity contribution in [1.82, 2.24) is 9.88 Å². The van der Waals surface area contributed by atoms with Crippen molar-refractivity contribution in [2.45, 2.75) is 18.6 Å². The quantitative estimate of drug-likeness (QED) is 0.598. The van der Waals surface area contributed by atoms with Gasteiger partial charge in [-0.3, -0.25) is 4.98 Å². The van der Waals surface area contributed by atoms with E-state index in [0.717, 1.165) is 23.4 Å². The van der Waals surface area contributed by atoms with Gasteiger partial charge in [0.05, 0.1) is 11.3 Å². The molecule has 0 bridgehead atoms. The first-order valence-electron chi connectivity index (χ1n) is 10.2. The molecule has 0 spiro atoms. The highest BCUT2D eigenvalue weighted by Crippen LogP contribution is 2.36. The van der Waals surface area contributed by atoms with E-state index in [1.54, 1.807) is 11.1 Å². The molecular formula is C24H23F3N4O. The third-order valence-corrected chi connectivity index (χ3v) is 5.57. The first kappa shape index (κ1) is 21.7. The zero-order valence-electron chi connectivity index (χ0n) is 17.7. The van der Waals surface area contributed by atoms with Gasteiger partial charge in [0.2, 0.25) is 0 Å². The fourth-order valence-electron chi connectivity index (χ4n) is 3.88. The van der Waals surface area contributed by atoms with Gasteiger partial charge in [-0.2, -0.15) is 13.2 Å². The maximum Gasteiger partial charge on any atom is 0.416 e. The summed E-state index contributed by atoms with van der Waals surface area (Å²) in [5.74, 6) is 0. The van der Waals surface area contributed by atoms with E-state index in [-0.39, 0.29) is 6.03 Å². The summed E-state index contributed by atoms with van der Waals surface area (Å²) in [4.78, 5) is 21.3. The van der Waals surface area contributed by atoms with Crippen molar-refractivity contribution in [1.29, 1.82) is 0 Å². The number of anilines is 2. The number of urea groups is 1. The molecule has 0 radical (unpaired) electrons. The zero-order chi connectivity index (χ0) is 22.9. The molecule has 0 fully saturated rings. The summed E-state index contributed by atoms with van der Waals surface area (Å²) in [7, 11) is 3.86. The number of pyridine rings is 1. The lowest BCUT2D eigenvalue weighted by atomic mass is 9.92. The Balaban J connectivity index is 1.65. The van der Waals surface area contributed by atoms with Crippen molar-refractivity contribution in [2.75, 3.05) is 30.9 Å². The molecule has 2 amide bonds. The molecule has 32 heavy (non-hydrogen) atoms. The van der Waals surface area contributed by atoms with E-state index in [2.05, 4.69) is 10.3 Å². The van der Waals surface area contributed by atoms with Crippen LogP contribution in [0.3, 0.4) is 0 Å². The number of hydrogen-bond donors (Lipinski definition) is 1. The number of rotatable bonds is 3. The van der Waals surface area contributed by atoms with Gasteiger partial charge in [0, 0.05) is 38.2 Å². The Bertz CT molecular complexity index is 1100. The molecule has 8 heteroatoms. The van der Waals surface area contributed by atoms with Crippen LogP contribution in [-0.4, -0.2) is 36.6 Å². The number of halogens is 3. The third-order valence-electron chi connectivity index (χ3n) is 5.57. The number of alkyl halides is 3. The Hall–Kier alpha value is -3.55. The van der Waals surface area contributed by atoms with Gasteiger partial charge in [0.15, 0.2) is 0 Å². The second kappa shape index (κ2) is 8.53. The van der Waals surface area contributed by atoms with Crippen LogP contribution in [-0.2, 0) is 12.6 Å². The van der Waals surface area contributed by atoms with Crippen molar-refractivity contribution >= 4 is 17.4 Å². The number of fused-ring (bicyclic) bond motifs is 1. The smallest absolute Gasteiger partial charge is 0.378 e. The zero-order valence-corrected chi connectivity index (χ0v) is 17.7. The lowest BCUT2D eigenvalue weighted by Crippen LogP contribution is -2.43. The average Bonchev–Trinajstić information content (AvgIpc) is 2.78. The Kier molecular flexibility index (Phi) is 5.78. The highest BCUT2D eigenvalue weighted by atomic mass is 19.4. The molecule has 1 aromatic heterocycles. The maximum atomic E-state index is 13.2. The first-order valence-corrected chi connectivity index (χ1v) is 10.2. The molecule has 4 rings (SSSR count). The van der Waals surface area contributed by atoms with Crippen LogP contribution in [0.25, 0.3) is 0 Å². The Labute approximate surface area is 184 Å². The monoisotopic (exact) mass is 440 g/mol. The minimum absolute atomic E-state index is 0.330. The summed E-state index contributed by atoms with van der Waals surface area (Å²) in [5, 5.41) is 2.90. The van der Waals surface area contributed by atoms with E-state index in [0.29, 0.717) is 29.9 Å². The summed E-state index contributed by atoms with van der Waals surface area (Å²) in [6.45, 7) is 0.423. The molecule has 1 aliphatic rings. The van der Waals surface area contributed by atoms with Crippen LogP contribution < -0.4 is 10.2 Å². The number of benzene rings is 2. The van der Waals surface area contributed by atoms with Gasteiger partial charge in [-0.1, -0.05) is 18.2 Å². The van der Waals surface area contributed by atoms with Crippen LogP contribution >= 0.6 is 0 Å². The first-order chi connectivity index (χ1) is 15.2. The van der Waals surface area contributed by atoms with Crippen LogP contribution in [0.4, 0.5) is 29.3 Å². The highest BCUT2D eigenvalue weighted by molar-refractivity contribution is 5.90. The number of amides is 2. The van der Waals surface area contributed by atoms with E-state index in [4.69, 9.17) is 0 Å². The van der Waals surface area contributed by atoms with Gasteiger partial charge >= 0.3 is 12.2 Å². The molecule has 5 nitrogen and oxygen atoms in total. The summed E-state index contributed by atoms with van der Waals surface area (Å²) in [6.07, 6.45) is -2.17. The van der Waals surface area contributed by atoms with Gasteiger partial charge in [-0.25, -0.2) is 4.79 Å². The Morgan fingerprint density at radius 2 is 1.75 bits per heavy atom. The van der Waals surface area contributed by atoms with Crippen LogP contribution in [0.1, 0.15) is 28.4 Å². The van der Waals surface area contributed by atoms with Crippen LogP contribution in [0.5, 0.6) is 0 Å². The van der Waals surface area contributed by atoms with Gasteiger partial charge < -0.3 is 15.1 Å². The molecule has 166 valence electrons. The Morgan fingerprint density at radius 3 is 2.38 bits per heavy atom. The summed E-state index contributed by atoms with van der Waals surface area (Å²) >= 11 is 0. The molecule has 3 aromatic rings. The molecule has 1 unspecified atom stereocenters. The normalized spacial score (nSPS) is 15.8. The number of carbonyl (C=O) groups excluding carboxylic acids is 1. The largest absolute Gasteiger partial charge is 0.416 e. The highest BCUT2D eigenvalue weighted by Gasteiger charge is 2.35. The number of hydrogen-bond acceptors (Lipinski definition) is 3. The molecule has 0 aliphatic carbocycles. The molecule has 1 atom stereocenters. The van der Waals surface area contributed by atoms with E-state index in [9.17, 15) is 18.0 Å². The molecule has 0 saturated carbocycles. The third kappa shape index (κ3) is 4.39. The lowest BCUT2D eigenvalue weighted by molar-refractivity contribution is -0.137. The van der Waals surface area contributed by atoms with Gasteiger partial charge in [-0.15, -0.1) is 0 Å². The Morgan fingerprint density at radius 1 is 1.06 bits per heavy atom. The van der Waals surface area contributed by atoms with Gasteiger partial charge in [0.25, 0.3) is 0 Å². The molecular weight excluding hydrogens is 417 g/mol. The molecule has 1 aliphatic heterocycles. The van der Waals surface area contributed by atoms with E-state index in [1.165, 1.54) is 12.1 Å². The summed E-state index contributed by atoms with van der Waals surface area (Å²) < 4.78 is 39.1. The second-order valence-electron chi connectivity index (χ2n) is 7.88. The van der Waals surface area contributed by atoms with Crippen LogP contribution in [0.15, 0.2) is 66.9 Å². The second-order valence-corrected chi connectivity index (χ2v) is 7.88. The van der Waals surface area contributed by atoms with Crippen molar-refractivity contribution in [2.24, 2.45) is 0 Å². The van der Waals surface area contributed by atoms with Crippen LogP contribution in [0, 0.1) is 0 Å². The van der Waals surface area contributed by atoms with Crippen molar-refractivity contribution in [3.63, 3.8) is 0 Å². The standard InChI is InChI=1S/C24H23F3N4O/c1-30(2)20-11-9-19(10-12-20)29-23(32)31-15-13-16-4-3-14-28-21(16)22(31)17-5-7-18(8-6-17)24(25,26)27/h3-12,14,22H,13,15H2,1-2H3,(H,29,32). The van der Waals surface area contributed by atoms with Gasteiger partial charge in [-0.05, 0) is 60.0 Å². The summed E-state index contributed by atoms with van der Waals surface area (Å²) in [6, 6.07) is 15.2. The molecule has 2 aromatic carbocycles. The van der Waals surface area contributed by atoms with Crippen LogP contribution in [0.2, 0.25) is 0 Å². The molecule has 0 saturated heterocycles. The summed E-state index contributed by atoms with van der Waals surface area (Å²) in [5.41, 5.74) is 3.15. The number of aromatic nitrogens is 1. The van der Waals surface area contributed by atoms with E-state index < -0.39 is 17.8 Å². The topological polar surface area (TPSA) is 48.5 Å². The predicted octanol–water partition coefficient (Wildman–Crippen LogP) is 5.35.